The molecule has 2 heterocycles. The van der Waals surface area contributed by atoms with Crippen molar-refractivity contribution in [3.05, 3.63) is 29.2 Å². The Bertz CT molecular complexity index is 523. The molecule has 0 aromatic carbocycles. The number of ether oxygens (including phenoxy) is 1. The van der Waals surface area contributed by atoms with Gasteiger partial charge in [-0.15, -0.1) is 11.3 Å². The Morgan fingerprint density at radius 2 is 2.12 bits per heavy atom. The molecular weight excluding hydrogens is 240 g/mol. The van der Waals surface area contributed by atoms with Crippen molar-refractivity contribution in [2.75, 3.05) is 12.4 Å². The van der Waals surface area contributed by atoms with E-state index in [9.17, 15) is 4.79 Å². The third kappa shape index (κ3) is 2.76. The van der Waals surface area contributed by atoms with Gasteiger partial charge in [0.05, 0.1) is 19.5 Å². The van der Waals surface area contributed by atoms with E-state index in [0.29, 0.717) is 5.82 Å². The van der Waals surface area contributed by atoms with Gasteiger partial charge < -0.3 is 10.1 Å². The molecule has 2 aromatic heterocycles. The molecule has 0 fully saturated rings. The highest BCUT2D eigenvalue weighted by Gasteiger charge is 2.07. The number of thiazole rings is 1. The topological polar surface area (TPSA) is 77.0 Å². The van der Waals surface area contributed by atoms with Gasteiger partial charge in [0.15, 0.2) is 16.6 Å². The van der Waals surface area contributed by atoms with Crippen molar-refractivity contribution in [1.82, 2.24) is 15.0 Å². The minimum absolute atomic E-state index is 0.174. The van der Waals surface area contributed by atoms with E-state index < -0.39 is 5.97 Å². The van der Waals surface area contributed by atoms with Crippen LogP contribution in [0.5, 0.6) is 0 Å². The van der Waals surface area contributed by atoms with Crippen LogP contribution in [0, 0.1) is 6.92 Å². The Labute approximate surface area is 102 Å². The summed E-state index contributed by atoms with van der Waals surface area (Å²) in [5.41, 5.74) is 0.174. The zero-order valence-electron chi connectivity index (χ0n) is 9.30. The van der Waals surface area contributed by atoms with Gasteiger partial charge >= 0.3 is 5.97 Å². The van der Waals surface area contributed by atoms with Crippen LogP contribution in [0.4, 0.5) is 10.9 Å². The van der Waals surface area contributed by atoms with Crippen LogP contribution in [-0.4, -0.2) is 28.0 Å². The molecule has 0 saturated carbocycles. The summed E-state index contributed by atoms with van der Waals surface area (Å²) in [6.45, 7) is 1.97. The highest BCUT2D eigenvalue weighted by Crippen LogP contribution is 2.19. The number of methoxy groups -OCH3 is 1. The molecule has 0 aliphatic carbocycles. The van der Waals surface area contributed by atoms with E-state index in [0.717, 1.165) is 10.0 Å². The SMILES string of the molecule is COC(=O)c1cnc(Nc2ncc(C)s2)cn1. The lowest BCUT2D eigenvalue weighted by molar-refractivity contribution is 0.0593. The molecule has 0 amide bonds. The second-order valence-corrected chi connectivity index (χ2v) is 4.41. The fourth-order valence-electron chi connectivity index (χ4n) is 1.12. The van der Waals surface area contributed by atoms with Gasteiger partial charge in [-0.25, -0.2) is 19.7 Å². The normalized spacial score (nSPS) is 10.0. The van der Waals surface area contributed by atoms with Gasteiger partial charge in [-0.1, -0.05) is 0 Å². The first-order chi connectivity index (χ1) is 8.19. The third-order valence-corrected chi connectivity index (χ3v) is 2.73. The number of carbonyl (C=O) groups excluding carboxylic acids is 1. The quantitative estimate of drug-likeness (QED) is 0.836. The second kappa shape index (κ2) is 4.88. The minimum atomic E-state index is -0.505. The van der Waals surface area contributed by atoms with Crippen LogP contribution in [0.2, 0.25) is 0 Å². The Morgan fingerprint density at radius 3 is 2.65 bits per heavy atom. The largest absolute Gasteiger partial charge is 0.464 e. The number of hydrogen-bond acceptors (Lipinski definition) is 7. The molecule has 1 N–H and O–H groups in total. The zero-order valence-corrected chi connectivity index (χ0v) is 10.1. The van der Waals surface area contributed by atoms with Crippen LogP contribution in [0.25, 0.3) is 0 Å². The Hall–Kier alpha value is -2.02. The molecule has 0 bridgehead atoms. The molecule has 7 heteroatoms. The first-order valence-electron chi connectivity index (χ1n) is 4.79. The Balaban J connectivity index is 2.10. The molecule has 0 radical (unpaired) electrons. The average Bonchev–Trinajstić information content (AvgIpc) is 2.75. The van der Waals surface area contributed by atoms with E-state index in [2.05, 4.69) is 25.0 Å². The van der Waals surface area contributed by atoms with E-state index in [1.165, 1.54) is 30.8 Å². The van der Waals surface area contributed by atoms with E-state index >= 15 is 0 Å². The number of aromatic nitrogens is 3. The van der Waals surface area contributed by atoms with Crippen LogP contribution >= 0.6 is 11.3 Å². The molecule has 88 valence electrons. The van der Waals surface area contributed by atoms with Crippen LogP contribution < -0.4 is 5.32 Å². The van der Waals surface area contributed by atoms with Crippen molar-refractivity contribution in [1.29, 1.82) is 0 Å². The first-order valence-corrected chi connectivity index (χ1v) is 5.60. The van der Waals surface area contributed by atoms with Crippen LogP contribution in [0.3, 0.4) is 0 Å². The van der Waals surface area contributed by atoms with Crippen molar-refractivity contribution in [2.45, 2.75) is 6.92 Å². The van der Waals surface area contributed by atoms with E-state index in [4.69, 9.17) is 0 Å². The number of anilines is 2. The molecular formula is C10H10N4O2S. The molecule has 2 rings (SSSR count). The predicted octanol–water partition coefficient (Wildman–Crippen LogP) is 1.77. The summed E-state index contributed by atoms with van der Waals surface area (Å²) in [7, 11) is 1.30. The third-order valence-electron chi connectivity index (χ3n) is 1.90. The summed E-state index contributed by atoms with van der Waals surface area (Å²) >= 11 is 1.52. The average molecular weight is 250 g/mol. The van der Waals surface area contributed by atoms with Gasteiger partial charge in [0, 0.05) is 11.1 Å². The Kier molecular flexibility index (Phi) is 3.29. The van der Waals surface area contributed by atoms with E-state index in [-0.39, 0.29) is 5.69 Å². The van der Waals surface area contributed by atoms with E-state index in [1.54, 1.807) is 6.20 Å². The van der Waals surface area contributed by atoms with Gasteiger partial charge in [-0.05, 0) is 6.92 Å². The van der Waals surface area contributed by atoms with Gasteiger partial charge in [0.25, 0.3) is 0 Å². The number of nitrogens with zero attached hydrogens (tertiary/aromatic N) is 3. The molecule has 0 unspecified atom stereocenters. The fourth-order valence-corrected chi connectivity index (χ4v) is 1.80. The Morgan fingerprint density at radius 1 is 1.29 bits per heavy atom. The summed E-state index contributed by atoms with van der Waals surface area (Å²) < 4.78 is 4.53. The molecule has 0 aliphatic rings. The first kappa shape index (κ1) is 11.5. The number of aryl methyl sites for hydroxylation is 1. The summed E-state index contributed by atoms with van der Waals surface area (Å²) in [4.78, 5) is 24.3. The van der Waals surface area contributed by atoms with Gasteiger partial charge in [-0.3, -0.25) is 0 Å². The van der Waals surface area contributed by atoms with Crippen molar-refractivity contribution < 1.29 is 9.53 Å². The monoisotopic (exact) mass is 250 g/mol. The molecule has 0 atom stereocenters. The lowest BCUT2D eigenvalue weighted by Crippen LogP contribution is -2.05. The van der Waals surface area contributed by atoms with Crippen LogP contribution in [0.1, 0.15) is 15.4 Å². The highest BCUT2D eigenvalue weighted by atomic mass is 32.1. The number of rotatable bonds is 3. The number of carbonyl (C=O) groups is 1. The van der Waals surface area contributed by atoms with E-state index in [1.807, 2.05) is 6.92 Å². The molecule has 0 spiro atoms. The maximum absolute atomic E-state index is 11.1. The molecule has 17 heavy (non-hydrogen) atoms. The minimum Gasteiger partial charge on any atom is -0.464 e. The summed E-state index contributed by atoms with van der Waals surface area (Å²) in [5.74, 6) is 0.0288. The maximum atomic E-state index is 11.1. The van der Waals surface area contributed by atoms with Crippen LogP contribution in [0.15, 0.2) is 18.6 Å². The fraction of sp³-hybridized carbons (Fsp3) is 0.200. The number of hydrogen-bond donors (Lipinski definition) is 1. The molecule has 2 aromatic rings. The number of esters is 1. The maximum Gasteiger partial charge on any atom is 0.358 e. The summed E-state index contributed by atoms with van der Waals surface area (Å²) in [6.07, 6.45) is 4.58. The summed E-state index contributed by atoms with van der Waals surface area (Å²) in [6, 6.07) is 0. The highest BCUT2D eigenvalue weighted by molar-refractivity contribution is 7.15. The molecule has 0 saturated heterocycles. The van der Waals surface area contributed by atoms with Crippen molar-refractivity contribution >= 4 is 28.3 Å². The van der Waals surface area contributed by atoms with Crippen molar-refractivity contribution in [2.24, 2.45) is 0 Å². The van der Waals surface area contributed by atoms with Gasteiger partial charge in [0.2, 0.25) is 0 Å². The zero-order chi connectivity index (χ0) is 12.3. The van der Waals surface area contributed by atoms with Crippen LogP contribution in [-0.2, 0) is 4.74 Å². The smallest absolute Gasteiger partial charge is 0.358 e. The lowest BCUT2D eigenvalue weighted by atomic mass is 10.4. The van der Waals surface area contributed by atoms with Crippen molar-refractivity contribution in [3.63, 3.8) is 0 Å². The second-order valence-electron chi connectivity index (χ2n) is 3.18. The molecule has 6 nitrogen and oxygen atoms in total. The van der Waals surface area contributed by atoms with Gasteiger partial charge in [0.1, 0.15) is 0 Å². The van der Waals surface area contributed by atoms with Gasteiger partial charge in [-0.2, -0.15) is 0 Å². The summed E-state index contributed by atoms with van der Waals surface area (Å²) in [5, 5.41) is 3.73. The number of nitrogens with one attached hydrogen (secondary N) is 1. The standard InChI is InChI=1S/C10H10N4O2S/c1-6-3-13-10(17-6)14-8-5-11-7(4-12-8)9(15)16-2/h3-5H,1-2H3,(H,12,13,14). The van der Waals surface area contributed by atoms with Crippen molar-refractivity contribution in [3.8, 4) is 0 Å². The molecule has 0 aliphatic heterocycles. The lowest BCUT2D eigenvalue weighted by Gasteiger charge is -2.01. The predicted molar refractivity (Wildman–Crippen MR) is 63.5 cm³/mol.